The van der Waals surface area contributed by atoms with Crippen molar-refractivity contribution in [2.75, 3.05) is 6.61 Å². The number of fused-ring (bicyclic) bond motifs is 3. The van der Waals surface area contributed by atoms with Crippen LogP contribution >= 0.6 is 11.3 Å². The monoisotopic (exact) mass is 477 g/mol. The molecule has 3 aromatic rings. The Morgan fingerprint density at radius 1 is 1.12 bits per heavy atom. The molecule has 1 atom stereocenters. The van der Waals surface area contributed by atoms with Gasteiger partial charge in [-0.3, -0.25) is 4.79 Å². The van der Waals surface area contributed by atoms with Crippen molar-refractivity contribution in [1.29, 1.82) is 0 Å². The molecule has 1 aromatic heterocycles. The number of nitrogens with one attached hydrogen (secondary N) is 2. The van der Waals surface area contributed by atoms with Gasteiger partial charge in [-0.1, -0.05) is 54.6 Å². The molecule has 0 radical (unpaired) electrons. The molecule has 3 N–H and O–H groups in total. The summed E-state index contributed by atoms with van der Waals surface area (Å²) in [6.07, 6.45) is 2.27. The van der Waals surface area contributed by atoms with Crippen molar-refractivity contribution < 1.29 is 24.2 Å². The predicted molar refractivity (Wildman–Crippen MR) is 128 cm³/mol. The van der Waals surface area contributed by atoms with E-state index in [1.807, 2.05) is 36.4 Å². The summed E-state index contributed by atoms with van der Waals surface area (Å²) in [6.45, 7) is 3.83. The number of carbonyl (C=O) groups is 3. The second kappa shape index (κ2) is 10.3. The molecule has 1 aliphatic rings. The average molecular weight is 478 g/mol. The maximum atomic E-state index is 12.6. The summed E-state index contributed by atoms with van der Waals surface area (Å²) >= 11 is 0.975. The topological polar surface area (TPSA) is 118 Å². The molecule has 1 heterocycles. The molecule has 1 unspecified atom stereocenters. The number of aromatic nitrogens is 1. The zero-order valence-electron chi connectivity index (χ0n) is 18.2. The highest BCUT2D eigenvalue weighted by atomic mass is 32.1. The molecule has 4 rings (SSSR count). The number of carboxylic acid groups (broad SMARTS) is 1. The average Bonchev–Trinajstić information content (AvgIpc) is 3.44. The summed E-state index contributed by atoms with van der Waals surface area (Å²) in [5, 5.41) is 14.7. The molecule has 0 spiro atoms. The third kappa shape index (κ3) is 4.99. The fourth-order valence-electron chi connectivity index (χ4n) is 3.96. The van der Waals surface area contributed by atoms with Gasteiger partial charge < -0.3 is 20.5 Å². The Morgan fingerprint density at radius 2 is 1.76 bits per heavy atom. The van der Waals surface area contributed by atoms with Crippen molar-refractivity contribution in [3.8, 4) is 11.1 Å². The highest BCUT2D eigenvalue weighted by Crippen LogP contribution is 2.44. The largest absolute Gasteiger partial charge is 0.477 e. The van der Waals surface area contributed by atoms with Crippen LogP contribution in [0.1, 0.15) is 38.1 Å². The van der Waals surface area contributed by atoms with Gasteiger partial charge in [0.05, 0.1) is 12.7 Å². The van der Waals surface area contributed by atoms with E-state index in [1.54, 1.807) is 0 Å². The molecule has 0 saturated heterocycles. The lowest BCUT2D eigenvalue weighted by atomic mass is 9.98. The van der Waals surface area contributed by atoms with Crippen LogP contribution in [-0.4, -0.2) is 40.7 Å². The number of hydrogen-bond donors (Lipinski definition) is 3. The highest BCUT2D eigenvalue weighted by Gasteiger charge is 2.29. The summed E-state index contributed by atoms with van der Waals surface area (Å²) < 4.78 is 5.52. The van der Waals surface area contributed by atoms with Crippen LogP contribution < -0.4 is 10.6 Å². The molecule has 8 nitrogen and oxygen atoms in total. The Morgan fingerprint density at radius 3 is 2.35 bits per heavy atom. The maximum absolute atomic E-state index is 12.6. The van der Waals surface area contributed by atoms with Gasteiger partial charge in [0.2, 0.25) is 5.91 Å². The Kier molecular flexibility index (Phi) is 7.03. The van der Waals surface area contributed by atoms with Crippen molar-refractivity contribution >= 4 is 29.3 Å². The molecular formula is C25H23N3O5S. The minimum absolute atomic E-state index is 0.0524. The van der Waals surface area contributed by atoms with Crippen LogP contribution in [0.25, 0.3) is 11.1 Å². The quantitative estimate of drug-likeness (QED) is 0.402. The first-order valence-corrected chi connectivity index (χ1v) is 11.5. The zero-order chi connectivity index (χ0) is 24.1. The Labute approximate surface area is 200 Å². The van der Waals surface area contributed by atoms with E-state index in [0.717, 1.165) is 33.6 Å². The maximum Gasteiger partial charge on any atom is 0.407 e. The number of benzene rings is 2. The standard InChI is InChI=1S/C25H23N3O5S/c1-2-7-20(23(29)27-13-22-26-12-21(34-22)24(30)31)28-25(32)33-14-19-17-10-5-3-8-15(17)16-9-4-6-11-18(16)19/h2-6,8-12,19-20H,1,7,13-14H2,(H,27,29)(H,28,32)(H,30,31). The normalized spacial score (nSPS) is 12.8. The number of rotatable bonds is 9. The second-order valence-corrected chi connectivity index (χ2v) is 8.80. The summed E-state index contributed by atoms with van der Waals surface area (Å²) in [5.41, 5.74) is 4.45. The predicted octanol–water partition coefficient (Wildman–Crippen LogP) is 3.94. The molecule has 2 aromatic carbocycles. The first-order chi connectivity index (χ1) is 16.5. The van der Waals surface area contributed by atoms with Gasteiger partial charge in [-0.15, -0.1) is 17.9 Å². The molecule has 174 valence electrons. The van der Waals surface area contributed by atoms with Crippen molar-refractivity contribution in [3.63, 3.8) is 0 Å². The molecule has 0 bridgehead atoms. The van der Waals surface area contributed by atoms with E-state index in [-0.39, 0.29) is 30.4 Å². The SMILES string of the molecule is C=CCC(NC(=O)OCC1c2ccccc2-c2ccccc21)C(=O)NCc1ncc(C(=O)O)s1. The minimum atomic E-state index is -1.07. The fraction of sp³-hybridized carbons (Fsp3) is 0.200. The van der Waals surface area contributed by atoms with Crippen LogP contribution in [0.2, 0.25) is 0 Å². The first-order valence-electron chi connectivity index (χ1n) is 10.7. The van der Waals surface area contributed by atoms with Gasteiger partial charge in [0, 0.05) is 5.92 Å². The number of nitrogens with zero attached hydrogens (tertiary/aromatic N) is 1. The van der Waals surface area contributed by atoms with Crippen molar-refractivity contribution in [2.24, 2.45) is 0 Å². The van der Waals surface area contributed by atoms with E-state index < -0.39 is 24.0 Å². The summed E-state index contributed by atoms with van der Waals surface area (Å²) in [7, 11) is 0. The number of aromatic carboxylic acids is 1. The molecule has 0 fully saturated rings. The van der Waals surface area contributed by atoms with Gasteiger partial charge in [-0.2, -0.15) is 0 Å². The van der Waals surface area contributed by atoms with Gasteiger partial charge in [0.25, 0.3) is 0 Å². The number of thiazole rings is 1. The lowest BCUT2D eigenvalue weighted by Crippen LogP contribution is -2.46. The van der Waals surface area contributed by atoms with Crippen molar-refractivity contribution in [3.05, 3.63) is 88.4 Å². The molecule has 2 amide bonds. The molecular weight excluding hydrogens is 454 g/mol. The van der Waals surface area contributed by atoms with Crippen molar-refractivity contribution in [2.45, 2.75) is 24.9 Å². The first kappa shape index (κ1) is 23.2. The van der Waals surface area contributed by atoms with Crippen LogP contribution in [0.4, 0.5) is 4.79 Å². The Bertz CT molecular complexity index is 1190. The van der Waals surface area contributed by atoms with Crippen LogP contribution in [-0.2, 0) is 16.1 Å². The second-order valence-electron chi connectivity index (χ2n) is 7.69. The number of ether oxygens (including phenoxy) is 1. The van der Waals surface area contributed by atoms with Crippen LogP contribution in [0.3, 0.4) is 0 Å². The van der Waals surface area contributed by atoms with E-state index in [4.69, 9.17) is 9.84 Å². The third-order valence-corrected chi connectivity index (χ3v) is 6.52. The number of carbonyl (C=O) groups excluding carboxylic acids is 2. The lowest BCUT2D eigenvalue weighted by Gasteiger charge is -2.18. The van der Waals surface area contributed by atoms with Gasteiger partial charge in [0.1, 0.15) is 22.5 Å². The van der Waals surface area contributed by atoms with Crippen molar-refractivity contribution in [1.82, 2.24) is 15.6 Å². The van der Waals surface area contributed by atoms with Crippen LogP contribution in [0.15, 0.2) is 67.4 Å². The number of hydrogen-bond acceptors (Lipinski definition) is 6. The van der Waals surface area contributed by atoms with E-state index >= 15 is 0 Å². The number of alkyl carbamates (subject to hydrolysis) is 1. The van der Waals surface area contributed by atoms with Gasteiger partial charge in [-0.05, 0) is 28.7 Å². The number of amides is 2. The molecule has 1 aliphatic carbocycles. The smallest absolute Gasteiger partial charge is 0.407 e. The van der Waals surface area contributed by atoms with E-state index in [1.165, 1.54) is 12.3 Å². The Hall–Kier alpha value is -3.98. The van der Waals surface area contributed by atoms with E-state index in [2.05, 4.69) is 34.3 Å². The number of carboxylic acids is 1. The zero-order valence-corrected chi connectivity index (χ0v) is 19.0. The lowest BCUT2D eigenvalue weighted by molar-refractivity contribution is -0.123. The van der Waals surface area contributed by atoms with Crippen LogP contribution in [0.5, 0.6) is 0 Å². The fourth-order valence-corrected chi connectivity index (χ4v) is 4.65. The summed E-state index contributed by atoms with van der Waals surface area (Å²) in [4.78, 5) is 40.2. The third-order valence-electron chi connectivity index (χ3n) is 5.53. The van der Waals surface area contributed by atoms with Gasteiger partial charge in [0.15, 0.2) is 0 Å². The minimum Gasteiger partial charge on any atom is -0.477 e. The Balaban J connectivity index is 1.35. The summed E-state index contributed by atoms with van der Waals surface area (Å²) in [6, 6.07) is 15.2. The van der Waals surface area contributed by atoms with Gasteiger partial charge in [-0.25, -0.2) is 14.6 Å². The molecule has 34 heavy (non-hydrogen) atoms. The van der Waals surface area contributed by atoms with Crippen LogP contribution in [0, 0.1) is 0 Å². The summed E-state index contributed by atoms with van der Waals surface area (Å²) in [5.74, 6) is -1.60. The van der Waals surface area contributed by atoms with E-state index in [9.17, 15) is 14.4 Å². The highest BCUT2D eigenvalue weighted by molar-refractivity contribution is 7.13. The molecule has 0 saturated carbocycles. The molecule has 0 aliphatic heterocycles. The molecule has 9 heteroatoms. The van der Waals surface area contributed by atoms with E-state index in [0.29, 0.717) is 5.01 Å². The van der Waals surface area contributed by atoms with Gasteiger partial charge >= 0.3 is 12.1 Å².